The first-order valence-electron chi connectivity index (χ1n) is 10.9. The molecule has 0 radical (unpaired) electrons. The molecule has 4 rings (SSSR count). The lowest BCUT2D eigenvalue weighted by molar-refractivity contribution is 0.0955. The molecule has 1 N–H and O–H groups in total. The average Bonchev–Trinajstić information content (AvgIpc) is 2.89. The van der Waals surface area contributed by atoms with E-state index in [1.165, 1.54) is 4.31 Å². The number of pyridine rings is 1. The fourth-order valence-electron chi connectivity index (χ4n) is 3.32. The molecule has 0 aliphatic rings. The number of hydrogen-bond donors (Lipinski definition) is 1. The van der Waals surface area contributed by atoms with Crippen molar-refractivity contribution in [2.24, 2.45) is 5.10 Å². The van der Waals surface area contributed by atoms with Crippen LogP contribution in [0.5, 0.6) is 0 Å². The number of amides is 1. The van der Waals surface area contributed by atoms with Gasteiger partial charge in [0.15, 0.2) is 0 Å². The van der Waals surface area contributed by atoms with E-state index in [4.69, 9.17) is 0 Å². The van der Waals surface area contributed by atoms with Crippen LogP contribution in [0, 0.1) is 6.92 Å². The minimum absolute atomic E-state index is 0.0573. The Morgan fingerprint density at radius 1 is 0.914 bits per heavy atom. The van der Waals surface area contributed by atoms with Crippen LogP contribution in [0.2, 0.25) is 0 Å². The number of sulfonamides is 1. The molecular weight excluding hydrogens is 460 g/mol. The molecule has 8 heteroatoms. The number of aryl methyl sites for hydroxylation is 1. The highest BCUT2D eigenvalue weighted by Gasteiger charge is 2.26. The average molecular weight is 485 g/mol. The second-order valence-corrected chi connectivity index (χ2v) is 9.68. The summed E-state index contributed by atoms with van der Waals surface area (Å²) in [6, 6.07) is 27.8. The van der Waals surface area contributed by atoms with Crippen LogP contribution < -0.4 is 9.73 Å². The summed E-state index contributed by atoms with van der Waals surface area (Å²) < 4.78 is 28.0. The van der Waals surface area contributed by atoms with Gasteiger partial charge in [-0.2, -0.15) is 5.10 Å². The van der Waals surface area contributed by atoms with Crippen molar-refractivity contribution in [3.05, 3.63) is 126 Å². The summed E-state index contributed by atoms with van der Waals surface area (Å²) >= 11 is 0. The number of carbonyl (C=O) groups is 1. The van der Waals surface area contributed by atoms with E-state index in [1.807, 2.05) is 31.2 Å². The molecule has 1 amide bonds. The third-order valence-electron chi connectivity index (χ3n) is 5.24. The molecule has 176 valence electrons. The largest absolute Gasteiger partial charge is 0.271 e. The quantitative estimate of drug-likeness (QED) is 0.293. The second kappa shape index (κ2) is 10.8. The summed E-state index contributed by atoms with van der Waals surface area (Å²) in [6.45, 7) is 2.06. The molecule has 1 heterocycles. The first-order chi connectivity index (χ1) is 16.9. The van der Waals surface area contributed by atoms with E-state index in [0.29, 0.717) is 16.9 Å². The number of rotatable bonds is 8. The molecule has 35 heavy (non-hydrogen) atoms. The second-order valence-electron chi connectivity index (χ2n) is 7.82. The van der Waals surface area contributed by atoms with E-state index >= 15 is 0 Å². The minimum Gasteiger partial charge on any atom is -0.267 e. The molecule has 1 aromatic heterocycles. The van der Waals surface area contributed by atoms with Gasteiger partial charge in [0.25, 0.3) is 15.9 Å². The number of hydrogen-bond acceptors (Lipinski definition) is 5. The first kappa shape index (κ1) is 23.8. The zero-order valence-electron chi connectivity index (χ0n) is 19.1. The van der Waals surface area contributed by atoms with Crippen LogP contribution in [-0.4, -0.2) is 25.5 Å². The maximum Gasteiger partial charge on any atom is 0.271 e. The Morgan fingerprint density at radius 2 is 1.60 bits per heavy atom. The van der Waals surface area contributed by atoms with Crippen LogP contribution in [-0.2, 0) is 16.6 Å². The molecule has 0 bridgehead atoms. The summed E-state index contributed by atoms with van der Waals surface area (Å²) in [5, 5.41) is 4.00. The fraction of sp³-hybridized carbons (Fsp3) is 0.0741. The first-order valence-corrected chi connectivity index (χ1v) is 12.4. The van der Waals surface area contributed by atoms with Crippen LogP contribution in [0.25, 0.3) is 0 Å². The Morgan fingerprint density at radius 3 is 2.26 bits per heavy atom. The molecule has 3 aromatic carbocycles. The predicted molar refractivity (Wildman–Crippen MR) is 137 cm³/mol. The van der Waals surface area contributed by atoms with Gasteiger partial charge in [0.2, 0.25) is 0 Å². The van der Waals surface area contributed by atoms with Crippen LogP contribution in [0.3, 0.4) is 0 Å². The number of nitrogens with one attached hydrogen (secondary N) is 1. The summed E-state index contributed by atoms with van der Waals surface area (Å²) in [7, 11) is -3.85. The van der Waals surface area contributed by atoms with E-state index < -0.39 is 10.0 Å². The van der Waals surface area contributed by atoms with E-state index in [-0.39, 0.29) is 17.3 Å². The number of anilines is 1. The molecule has 0 saturated heterocycles. The predicted octanol–water partition coefficient (Wildman–Crippen LogP) is 4.55. The third kappa shape index (κ3) is 5.99. The molecule has 4 aromatic rings. The molecule has 0 aliphatic carbocycles. The summed E-state index contributed by atoms with van der Waals surface area (Å²) in [5.41, 5.74) is 5.64. The van der Waals surface area contributed by atoms with Gasteiger partial charge in [0.05, 0.1) is 17.7 Å². The monoisotopic (exact) mass is 484 g/mol. The topological polar surface area (TPSA) is 91.7 Å². The fourth-order valence-corrected chi connectivity index (χ4v) is 4.75. The van der Waals surface area contributed by atoms with Crippen molar-refractivity contribution in [2.75, 3.05) is 4.31 Å². The Hall–Kier alpha value is -4.30. The molecule has 0 atom stereocenters. The van der Waals surface area contributed by atoms with Crippen molar-refractivity contribution in [3.8, 4) is 0 Å². The van der Waals surface area contributed by atoms with Crippen LogP contribution in [0.4, 0.5) is 5.82 Å². The number of hydrazone groups is 1. The molecule has 0 spiro atoms. The zero-order valence-corrected chi connectivity index (χ0v) is 19.9. The lowest BCUT2D eigenvalue weighted by atomic mass is 10.1. The number of benzene rings is 3. The summed E-state index contributed by atoms with van der Waals surface area (Å²) in [6.07, 6.45) is 3.12. The molecule has 0 fully saturated rings. The van der Waals surface area contributed by atoms with Crippen LogP contribution in [0.15, 0.2) is 113 Å². The van der Waals surface area contributed by atoms with E-state index in [1.54, 1.807) is 85.2 Å². The maximum atomic E-state index is 13.4. The van der Waals surface area contributed by atoms with Crippen LogP contribution >= 0.6 is 0 Å². The number of carbonyl (C=O) groups excluding carboxylic acids is 1. The van der Waals surface area contributed by atoms with Crippen molar-refractivity contribution in [1.29, 1.82) is 0 Å². The van der Waals surface area contributed by atoms with Crippen molar-refractivity contribution in [3.63, 3.8) is 0 Å². The zero-order chi connectivity index (χ0) is 24.7. The SMILES string of the molecule is Cc1ccc(/C=N\NC(=O)c2ccc(CN(c3ccccn3)S(=O)(=O)c3ccccc3)cc2)cc1. The Labute approximate surface area is 204 Å². The number of aromatic nitrogens is 1. The van der Waals surface area contributed by atoms with Gasteiger partial charge >= 0.3 is 0 Å². The van der Waals surface area contributed by atoms with Gasteiger partial charge in [0, 0.05) is 11.8 Å². The lowest BCUT2D eigenvalue weighted by Crippen LogP contribution is -2.31. The van der Waals surface area contributed by atoms with Crippen LogP contribution in [0.1, 0.15) is 27.0 Å². The third-order valence-corrected chi connectivity index (χ3v) is 7.00. The smallest absolute Gasteiger partial charge is 0.267 e. The highest BCUT2D eigenvalue weighted by atomic mass is 32.2. The van der Waals surface area contributed by atoms with Gasteiger partial charge in [0.1, 0.15) is 5.82 Å². The summed E-state index contributed by atoms with van der Waals surface area (Å²) in [4.78, 5) is 16.9. The Kier molecular flexibility index (Phi) is 7.32. The normalized spacial score (nSPS) is 11.3. The van der Waals surface area contributed by atoms with Crippen molar-refractivity contribution >= 4 is 28.0 Å². The molecule has 7 nitrogen and oxygen atoms in total. The van der Waals surface area contributed by atoms with Crippen molar-refractivity contribution < 1.29 is 13.2 Å². The van der Waals surface area contributed by atoms with Gasteiger partial charge in [-0.15, -0.1) is 0 Å². The van der Waals surface area contributed by atoms with E-state index in [9.17, 15) is 13.2 Å². The van der Waals surface area contributed by atoms with Crippen molar-refractivity contribution in [1.82, 2.24) is 10.4 Å². The van der Waals surface area contributed by atoms with Gasteiger partial charge < -0.3 is 0 Å². The lowest BCUT2D eigenvalue weighted by Gasteiger charge is -2.23. The molecule has 0 aliphatic heterocycles. The minimum atomic E-state index is -3.85. The van der Waals surface area contributed by atoms with E-state index in [2.05, 4.69) is 15.5 Å². The summed E-state index contributed by atoms with van der Waals surface area (Å²) in [5.74, 6) is -0.0537. The Balaban J connectivity index is 1.50. The van der Waals surface area contributed by atoms with Gasteiger partial charge in [-0.25, -0.2) is 23.1 Å². The van der Waals surface area contributed by atoms with E-state index in [0.717, 1.165) is 11.1 Å². The van der Waals surface area contributed by atoms with Gasteiger partial charge in [-0.05, 0) is 54.4 Å². The van der Waals surface area contributed by atoms with Gasteiger partial charge in [-0.3, -0.25) is 4.79 Å². The van der Waals surface area contributed by atoms with Gasteiger partial charge in [-0.1, -0.05) is 66.2 Å². The highest BCUT2D eigenvalue weighted by molar-refractivity contribution is 7.92. The molecule has 0 saturated carbocycles. The maximum absolute atomic E-state index is 13.4. The number of nitrogens with zero attached hydrogens (tertiary/aromatic N) is 3. The standard InChI is InChI=1S/C27H24N4O3S/c1-21-10-12-22(13-11-21)19-29-30-27(32)24-16-14-23(15-17-24)20-31(26-9-5-6-18-28-26)35(33,34)25-7-3-2-4-8-25/h2-19H,20H2,1H3,(H,30,32)/b29-19-. The molecular formula is C27H24N4O3S. The molecule has 0 unspecified atom stereocenters. The Bertz CT molecular complexity index is 1410. The highest BCUT2D eigenvalue weighted by Crippen LogP contribution is 2.24. The van der Waals surface area contributed by atoms with Crippen molar-refractivity contribution in [2.45, 2.75) is 18.4 Å².